The van der Waals surface area contributed by atoms with Crippen LogP contribution in [0.4, 0.5) is 0 Å². The van der Waals surface area contributed by atoms with Gasteiger partial charge >= 0.3 is 0 Å². The zero-order chi connectivity index (χ0) is 13.0. The molecule has 1 heterocycles. The highest BCUT2D eigenvalue weighted by Crippen LogP contribution is 2.29. The molecule has 0 aromatic heterocycles. The molecular weight excluding hydrogens is 222 g/mol. The van der Waals surface area contributed by atoms with Gasteiger partial charge in [0, 0.05) is 25.7 Å². The summed E-state index contributed by atoms with van der Waals surface area (Å²) in [4.78, 5) is 7.15. The fraction of sp³-hybridized carbons (Fsp3) is 0.933. The van der Waals surface area contributed by atoms with Gasteiger partial charge in [-0.2, -0.15) is 0 Å². The van der Waals surface area contributed by atoms with Crippen molar-refractivity contribution >= 4 is 5.96 Å². The van der Waals surface area contributed by atoms with E-state index in [9.17, 15) is 0 Å². The summed E-state index contributed by atoms with van der Waals surface area (Å²) in [5.74, 6) is 2.95. The van der Waals surface area contributed by atoms with E-state index in [0.29, 0.717) is 6.04 Å². The zero-order valence-corrected chi connectivity index (χ0v) is 12.3. The van der Waals surface area contributed by atoms with Crippen LogP contribution in [0.2, 0.25) is 0 Å². The standard InChI is InChI=1S/C15H29N3/c1-4-12(5-2)13-9-10-18(11-13)15(16-6-3)17-14-7-8-14/h12-14H,4-11H2,1-3H3,(H,16,17). The van der Waals surface area contributed by atoms with Crippen LogP contribution in [0.15, 0.2) is 4.99 Å². The third kappa shape index (κ3) is 3.39. The van der Waals surface area contributed by atoms with Crippen LogP contribution in [0.25, 0.3) is 0 Å². The van der Waals surface area contributed by atoms with Gasteiger partial charge in [0.15, 0.2) is 5.96 Å². The normalized spacial score (nSPS) is 25.0. The second-order valence-electron chi connectivity index (χ2n) is 5.79. The highest BCUT2D eigenvalue weighted by Gasteiger charge is 2.31. The van der Waals surface area contributed by atoms with E-state index in [-0.39, 0.29) is 0 Å². The van der Waals surface area contributed by atoms with Crippen LogP contribution in [0.1, 0.15) is 52.9 Å². The van der Waals surface area contributed by atoms with Gasteiger partial charge < -0.3 is 10.2 Å². The van der Waals surface area contributed by atoms with Crippen molar-refractivity contribution in [3.05, 3.63) is 0 Å². The predicted octanol–water partition coefficient (Wildman–Crippen LogP) is 2.87. The molecule has 0 radical (unpaired) electrons. The maximum Gasteiger partial charge on any atom is 0.194 e. The third-order valence-electron chi connectivity index (χ3n) is 4.46. The smallest absolute Gasteiger partial charge is 0.194 e. The molecule has 1 saturated carbocycles. The quantitative estimate of drug-likeness (QED) is 0.601. The van der Waals surface area contributed by atoms with Gasteiger partial charge in [0.1, 0.15) is 0 Å². The highest BCUT2D eigenvalue weighted by atomic mass is 15.3. The fourth-order valence-electron chi connectivity index (χ4n) is 3.12. The van der Waals surface area contributed by atoms with Crippen LogP contribution in [-0.2, 0) is 0 Å². The number of hydrogen-bond acceptors (Lipinski definition) is 1. The molecule has 0 aromatic carbocycles. The summed E-state index contributed by atoms with van der Waals surface area (Å²) in [7, 11) is 0. The average Bonchev–Trinajstić information content (AvgIpc) is 3.06. The Morgan fingerprint density at radius 3 is 2.50 bits per heavy atom. The zero-order valence-electron chi connectivity index (χ0n) is 12.3. The lowest BCUT2D eigenvalue weighted by Crippen LogP contribution is -2.41. The minimum Gasteiger partial charge on any atom is -0.354 e. The van der Waals surface area contributed by atoms with E-state index in [1.165, 1.54) is 51.2 Å². The first-order valence-corrected chi connectivity index (χ1v) is 7.84. The number of nitrogens with zero attached hydrogens (tertiary/aromatic N) is 2. The molecule has 2 fully saturated rings. The molecule has 1 unspecified atom stereocenters. The van der Waals surface area contributed by atoms with Gasteiger partial charge in [-0.05, 0) is 38.0 Å². The summed E-state index contributed by atoms with van der Waals surface area (Å²) >= 11 is 0. The van der Waals surface area contributed by atoms with Gasteiger partial charge in [0.05, 0.1) is 0 Å². The van der Waals surface area contributed by atoms with Crippen LogP contribution >= 0.6 is 0 Å². The molecule has 2 rings (SSSR count). The Hall–Kier alpha value is -0.730. The molecule has 1 N–H and O–H groups in total. The Kier molecular flexibility index (Phi) is 4.90. The number of nitrogens with one attached hydrogen (secondary N) is 1. The Morgan fingerprint density at radius 2 is 1.94 bits per heavy atom. The maximum absolute atomic E-state index is 4.66. The molecule has 3 nitrogen and oxygen atoms in total. The fourth-order valence-corrected chi connectivity index (χ4v) is 3.12. The Labute approximate surface area is 112 Å². The second kappa shape index (κ2) is 6.44. The lowest BCUT2D eigenvalue weighted by atomic mass is 9.87. The number of aliphatic imine (C=N–C) groups is 1. The molecule has 1 aliphatic heterocycles. The number of likely N-dealkylation sites (tertiary alicyclic amines) is 1. The minimum atomic E-state index is 0.711. The van der Waals surface area contributed by atoms with Crippen LogP contribution in [0.3, 0.4) is 0 Å². The van der Waals surface area contributed by atoms with Crippen molar-refractivity contribution in [1.82, 2.24) is 10.2 Å². The summed E-state index contributed by atoms with van der Waals surface area (Å²) in [5.41, 5.74) is 0. The highest BCUT2D eigenvalue weighted by molar-refractivity contribution is 5.80. The summed E-state index contributed by atoms with van der Waals surface area (Å²) in [6.07, 6.45) is 6.65. The lowest BCUT2D eigenvalue weighted by Gasteiger charge is -2.24. The molecule has 0 spiro atoms. The van der Waals surface area contributed by atoms with Crippen molar-refractivity contribution < 1.29 is 0 Å². The van der Waals surface area contributed by atoms with Gasteiger partial charge in [-0.15, -0.1) is 0 Å². The van der Waals surface area contributed by atoms with Gasteiger partial charge in [-0.1, -0.05) is 26.7 Å². The van der Waals surface area contributed by atoms with Crippen LogP contribution in [0, 0.1) is 11.8 Å². The van der Waals surface area contributed by atoms with E-state index in [1.54, 1.807) is 0 Å². The van der Waals surface area contributed by atoms with E-state index in [4.69, 9.17) is 0 Å². The molecule has 1 saturated heterocycles. The van der Waals surface area contributed by atoms with Crippen molar-refractivity contribution in [2.45, 2.75) is 58.9 Å². The van der Waals surface area contributed by atoms with Gasteiger partial charge in [0.2, 0.25) is 0 Å². The second-order valence-corrected chi connectivity index (χ2v) is 5.79. The van der Waals surface area contributed by atoms with Gasteiger partial charge in [-0.25, -0.2) is 0 Å². The largest absolute Gasteiger partial charge is 0.354 e. The van der Waals surface area contributed by atoms with E-state index in [0.717, 1.165) is 18.4 Å². The van der Waals surface area contributed by atoms with E-state index in [1.807, 2.05) is 0 Å². The van der Waals surface area contributed by atoms with Crippen molar-refractivity contribution in [2.24, 2.45) is 16.8 Å². The van der Waals surface area contributed by atoms with E-state index in [2.05, 4.69) is 36.0 Å². The molecule has 18 heavy (non-hydrogen) atoms. The molecule has 0 aromatic rings. The summed E-state index contributed by atoms with van der Waals surface area (Å²) < 4.78 is 0. The molecule has 3 heteroatoms. The van der Waals surface area contributed by atoms with Crippen molar-refractivity contribution in [3.63, 3.8) is 0 Å². The van der Waals surface area contributed by atoms with Crippen molar-refractivity contribution in [1.29, 1.82) is 0 Å². The van der Waals surface area contributed by atoms with E-state index < -0.39 is 0 Å². The number of guanidine groups is 1. The topological polar surface area (TPSA) is 27.6 Å². The molecule has 1 atom stereocenters. The van der Waals surface area contributed by atoms with Crippen LogP contribution in [0.5, 0.6) is 0 Å². The van der Waals surface area contributed by atoms with Crippen LogP contribution < -0.4 is 5.32 Å². The maximum atomic E-state index is 4.66. The average molecular weight is 251 g/mol. The summed E-state index contributed by atoms with van der Waals surface area (Å²) in [6.45, 7) is 10.1. The summed E-state index contributed by atoms with van der Waals surface area (Å²) in [5, 5.41) is 3.61. The van der Waals surface area contributed by atoms with Crippen molar-refractivity contribution in [2.75, 3.05) is 19.6 Å². The van der Waals surface area contributed by atoms with Gasteiger partial charge in [-0.3, -0.25) is 4.99 Å². The number of rotatable bonds is 5. The Balaban J connectivity index is 1.90. The summed E-state index contributed by atoms with van der Waals surface area (Å²) in [6, 6.07) is 0.711. The first kappa shape index (κ1) is 13.7. The molecule has 1 aliphatic carbocycles. The number of hydrogen-bond donors (Lipinski definition) is 1. The molecule has 104 valence electrons. The SMILES string of the molecule is CCN=C(NC1CC1)N1CCC(C(CC)CC)C1. The lowest BCUT2D eigenvalue weighted by molar-refractivity contribution is 0.319. The Bertz CT molecular complexity index is 279. The minimum absolute atomic E-state index is 0.711. The first-order valence-electron chi connectivity index (χ1n) is 7.84. The first-order chi connectivity index (χ1) is 8.78. The van der Waals surface area contributed by atoms with E-state index >= 15 is 0 Å². The molecule has 2 aliphatic rings. The molecule has 0 amide bonds. The van der Waals surface area contributed by atoms with Crippen LogP contribution in [-0.4, -0.2) is 36.5 Å². The predicted molar refractivity (Wildman–Crippen MR) is 77.9 cm³/mol. The van der Waals surface area contributed by atoms with Crippen molar-refractivity contribution in [3.8, 4) is 0 Å². The third-order valence-corrected chi connectivity index (χ3v) is 4.46. The van der Waals surface area contributed by atoms with Gasteiger partial charge in [0.25, 0.3) is 0 Å². The molecule has 0 bridgehead atoms. The molecular formula is C15H29N3. The Morgan fingerprint density at radius 1 is 1.22 bits per heavy atom. The monoisotopic (exact) mass is 251 g/mol.